The molecule has 2 heteroatoms. The molecule has 0 aliphatic rings. The Bertz CT molecular complexity index is 144. The Balaban J connectivity index is 3.94. The molecule has 0 radical (unpaired) electrons. The minimum atomic E-state index is 0.193. The van der Waals surface area contributed by atoms with Crippen molar-refractivity contribution in [2.45, 2.75) is 46.1 Å². The SMILES string of the molecule is CCC/C(=C\NC(C)(C)C)CP. The van der Waals surface area contributed by atoms with E-state index in [9.17, 15) is 0 Å². The summed E-state index contributed by atoms with van der Waals surface area (Å²) in [5.41, 5.74) is 1.68. The van der Waals surface area contributed by atoms with Crippen LogP contribution in [0.15, 0.2) is 11.8 Å². The molecule has 1 nitrogen and oxygen atoms in total. The van der Waals surface area contributed by atoms with Gasteiger partial charge in [-0.3, -0.25) is 0 Å². The molecular weight excluding hydrogens is 165 g/mol. The van der Waals surface area contributed by atoms with Crippen molar-refractivity contribution >= 4 is 9.24 Å². The van der Waals surface area contributed by atoms with Gasteiger partial charge < -0.3 is 5.32 Å². The smallest absolute Gasteiger partial charge is 0.0283 e. The van der Waals surface area contributed by atoms with Crippen molar-refractivity contribution in [2.24, 2.45) is 0 Å². The van der Waals surface area contributed by atoms with Crippen LogP contribution < -0.4 is 5.32 Å². The van der Waals surface area contributed by atoms with Crippen LogP contribution in [0.25, 0.3) is 0 Å². The first-order valence-electron chi connectivity index (χ1n) is 4.65. The molecule has 0 spiro atoms. The zero-order valence-corrected chi connectivity index (χ0v) is 9.93. The Morgan fingerprint density at radius 3 is 2.33 bits per heavy atom. The van der Waals surface area contributed by atoms with Crippen molar-refractivity contribution in [3.05, 3.63) is 11.8 Å². The molecule has 0 amide bonds. The van der Waals surface area contributed by atoms with E-state index >= 15 is 0 Å². The van der Waals surface area contributed by atoms with Crippen molar-refractivity contribution in [1.29, 1.82) is 0 Å². The third-order valence-corrected chi connectivity index (χ3v) is 2.07. The van der Waals surface area contributed by atoms with Crippen LogP contribution in [0.2, 0.25) is 0 Å². The van der Waals surface area contributed by atoms with Crippen molar-refractivity contribution in [1.82, 2.24) is 5.32 Å². The lowest BCUT2D eigenvalue weighted by Crippen LogP contribution is -2.31. The molecule has 72 valence electrons. The Morgan fingerprint density at radius 2 is 2.00 bits per heavy atom. The first-order valence-corrected chi connectivity index (χ1v) is 5.47. The maximum Gasteiger partial charge on any atom is 0.0283 e. The molecule has 1 N–H and O–H groups in total. The summed E-state index contributed by atoms with van der Waals surface area (Å²) >= 11 is 0. The number of hydrogen-bond donors (Lipinski definition) is 1. The van der Waals surface area contributed by atoms with E-state index in [0.717, 1.165) is 6.16 Å². The second-order valence-corrected chi connectivity index (χ2v) is 4.56. The molecule has 0 saturated carbocycles. The largest absolute Gasteiger partial charge is 0.386 e. The molecule has 0 aromatic carbocycles. The lowest BCUT2D eigenvalue weighted by atomic mass is 10.1. The monoisotopic (exact) mass is 187 g/mol. The van der Waals surface area contributed by atoms with Crippen LogP contribution in [-0.2, 0) is 0 Å². The molecule has 1 unspecified atom stereocenters. The van der Waals surface area contributed by atoms with Crippen LogP contribution in [0, 0.1) is 0 Å². The molecule has 0 rings (SSSR count). The van der Waals surface area contributed by atoms with E-state index in [2.05, 4.69) is 48.5 Å². The van der Waals surface area contributed by atoms with Crippen molar-refractivity contribution in [2.75, 3.05) is 6.16 Å². The van der Waals surface area contributed by atoms with Crippen LogP contribution in [0.4, 0.5) is 0 Å². The van der Waals surface area contributed by atoms with Crippen LogP contribution in [0.3, 0.4) is 0 Å². The number of rotatable bonds is 4. The standard InChI is InChI=1S/C10H22NP/c1-5-6-9(8-12)7-11-10(2,3)4/h7,11H,5-6,8,12H2,1-4H3/b9-7+. The summed E-state index contributed by atoms with van der Waals surface area (Å²) in [7, 11) is 2.78. The van der Waals surface area contributed by atoms with Crippen LogP contribution in [0.5, 0.6) is 0 Å². The van der Waals surface area contributed by atoms with Gasteiger partial charge in [-0.15, -0.1) is 9.24 Å². The summed E-state index contributed by atoms with van der Waals surface area (Å²) in [5.74, 6) is 0. The maximum absolute atomic E-state index is 3.38. The average Bonchev–Trinajstić information content (AvgIpc) is 1.96. The first-order chi connectivity index (χ1) is 5.49. The van der Waals surface area contributed by atoms with Gasteiger partial charge in [0.1, 0.15) is 0 Å². The van der Waals surface area contributed by atoms with Crippen LogP contribution in [0.1, 0.15) is 40.5 Å². The summed E-state index contributed by atoms with van der Waals surface area (Å²) in [6.07, 6.45) is 5.67. The van der Waals surface area contributed by atoms with Crippen LogP contribution in [-0.4, -0.2) is 11.7 Å². The number of nitrogens with one attached hydrogen (secondary N) is 1. The minimum absolute atomic E-state index is 0.193. The molecule has 1 atom stereocenters. The summed E-state index contributed by atoms with van der Waals surface area (Å²) < 4.78 is 0. The Morgan fingerprint density at radius 1 is 1.42 bits per heavy atom. The van der Waals surface area contributed by atoms with E-state index in [1.165, 1.54) is 18.4 Å². The molecule has 0 aromatic heterocycles. The molecule has 0 heterocycles. The van der Waals surface area contributed by atoms with Crippen molar-refractivity contribution < 1.29 is 0 Å². The van der Waals surface area contributed by atoms with E-state index in [1.807, 2.05) is 0 Å². The quantitative estimate of drug-likeness (QED) is 0.667. The highest BCUT2D eigenvalue weighted by atomic mass is 31.0. The maximum atomic E-state index is 3.38. The van der Waals surface area contributed by atoms with Gasteiger partial charge in [0.05, 0.1) is 0 Å². The molecule has 0 aromatic rings. The van der Waals surface area contributed by atoms with Crippen LogP contribution >= 0.6 is 9.24 Å². The summed E-state index contributed by atoms with van der Waals surface area (Å²) in [4.78, 5) is 0. The highest BCUT2D eigenvalue weighted by Crippen LogP contribution is 2.08. The van der Waals surface area contributed by atoms with E-state index in [4.69, 9.17) is 0 Å². The van der Waals surface area contributed by atoms with Gasteiger partial charge in [-0.25, -0.2) is 0 Å². The van der Waals surface area contributed by atoms with Gasteiger partial charge in [-0.1, -0.05) is 18.9 Å². The highest BCUT2D eigenvalue weighted by Gasteiger charge is 2.05. The molecule has 12 heavy (non-hydrogen) atoms. The third kappa shape index (κ3) is 6.67. The second-order valence-electron chi connectivity index (χ2n) is 4.15. The molecular formula is C10H22NP. The lowest BCUT2D eigenvalue weighted by molar-refractivity contribution is 0.488. The number of allylic oxidation sites excluding steroid dienone is 1. The molecule has 0 bridgehead atoms. The molecule has 0 aliphatic heterocycles. The van der Waals surface area contributed by atoms with E-state index < -0.39 is 0 Å². The topological polar surface area (TPSA) is 12.0 Å². The van der Waals surface area contributed by atoms with E-state index in [1.54, 1.807) is 0 Å². The molecule has 0 fully saturated rings. The van der Waals surface area contributed by atoms with Gasteiger partial charge >= 0.3 is 0 Å². The van der Waals surface area contributed by atoms with Gasteiger partial charge in [0, 0.05) is 5.54 Å². The fraction of sp³-hybridized carbons (Fsp3) is 0.800. The third-order valence-electron chi connectivity index (χ3n) is 1.54. The average molecular weight is 187 g/mol. The second kappa shape index (κ2) is 5.59. The Kier molecular flexibility index (Phi) is 5.57. The Hall–Kier alpha value is -0.0300. The summed E-state index contributed by atoms with van der Waals surface area (Å²) in [6, 6.07) is 0. The normalized spacial score (nSPS) is 13.2. The van der Waals surface area contributed by atoms with Crippen molar-refractivity contribution in [3.8, 4) is 0 Å². The van der Waals surface area contributed by atoms with Crippen molar-refractivity contribution in [3.63, 3.8) is 0 Å². The first kappa shape index (κ1) is 12.0. The zero-order valence-electron chi connectivity index (χ0n) is 8.78. The summed E-state index contributed by atoms with van der Waals surface area (Å²) in [6.45, 7) is 8.74. The summed E-state index contributed by atoms with van der Waals surface area (Å²) in [5, 5.41) is 3.38. The molecule has 0 saturated heterocycles. The van der Waals surface area contributed by atoms with Gasteiger partial charge in [0.15, 0.2) is 0 Å². The van der Waals surface area contributed by atoms with E-state index in [-0.39, 0.29) is 5.54 Å². The van der Waals surface area contributed by atoms with Gasteiger partial charge in [0.2, 0.25) is 0 Å². The highest BCUT2D eigenvalue weighted by molar-refractivity contribution is 7.16. The Labute approximate surface area is 79.2 Å². The number of hydrogen-bond acceptors (Lipinski definition) is 1. The predicted molar refractivity (Wildman–Crippen MR) is 60.5 cm³/mol. The minimum Gasteiger partial charge on any atom is -0.386 e. The van der Waals surface area contributed by atoms with Gasteiger partial charge in [-0.2, -0.15) is 0 Å². The van der Waals surface area contributed by atoms with Gasteiger partial charge in [-0.05, 0) is 39.6 Å². The predicted octanol–water partition coefficient (Wildman–Crippen LogP) is 2.93. The fourth-order valence-corrected chi connectivity index (χ4v) is 1.19. The fourth-order valence-electron chi connectivity index (χ4n) is 0.873. The zero-order chi connectivity index (χ0) is 9.61. The van der Waals surface area contributed by atoms with Gasteiger partial charge in [0.25, 0.3) is 0 Å². The lowest BCUT2D eigenvalue weighted by Gasteiger charge is -2.19. The molecule has 0 aliphatic carbocycles. The van der Waals surface area contributed by atoms with E-state index in [0.29, 0.717) is 0 Å².